The van der Waals surface area contributed by atoms with Crippen molar-refractivity contribution in [1.82, 2.24) is 4.98 Å². The Bertz CT molecular complexity index is 315. The highest BCUT2D eigenvalue weighted by atomic mass is 16.5. The molecule has 1 aromatic heterocycles. The largest absolute Gasteiger partial charge is 0.385 e. The van der Waals surface area contributed by atoms with E-state index >= 15 is 0 Å². The minimum absolute atomic E-state index is 0.612. The lowest BCUT2D eigenvalue weighted by Crippen LogP contribution is -2.08. The Morgan fingerprint density at radius 3 is 2.94 bits per heavy atom. The molecule has 2 N–H and O–H groups in total. The summed E-state index contributed by atoms with van der Waals surface area (Å²) >= 11 is 0. The van der Waals surface area contributed by atoms with E-state index in [1.54, 1.807) is 6.20 Å². The first-order chi connectivity index (χ1) is 8.22. The predicted octanol–water partition coefficient (Wildman–Crippen LogP) is 2.60. The molecule has 0 spiro atoms. The summed E-state index contributed by atoms with van der Waals surface area (Å²) in [4.78, 5) is 4.16. The van der Waals surface area contributed by atoms with Crippen molar-refractivity contribution >= 4 is 11.5 Å². The molecule has 0 saturated heterocycles. The molecular formula is C13H23N3O. The number of anilines is 2. The number of nitrogens with one attached hydrogen (secondary N) is 2. The van der Waals surface area contributed by atoms with Crippen molar-refractivity contribution in [2.75, 3.05) is 37.4 Å². The molecule has 0 aliphatic carbocycles. The summed E-state index contributed by atoms with van der Waals surface area (Å²) < 4.78 is 5.51. The number of rotatable bonds is 8. The zero-order valence-electron chi connectivity index (χ0n) is 11.0. The summed E-state index contributed by atoms with van der Waals surface area (Å²) in [7, 11) is 1.87. The van der Waals surface area contributed by atoms with Gasteiger partial charge in [-0.1, -0.05) is 13.8 Å². The van der Waals surface area contributed by atoms with Crippen molar-refractivity contribution in [3.63, 3.8) is 0 Å². The number of pyridine rings is 1. The van der Waals surface area contributed by atoms with Crippen molar-refractivity contribution < 1.29 is 4.74 Å². The van der Waals surface area contributed by atoms with Gasteiger partial charge in [-0.2, -0.15) is 0 Å². The molecule has 1 aromatic rings. The Morgan fingerprint density at radius 2 is 2.24 bits per heavy atom. The minimum atomic E-state index is 0.612. The van der Waals surface area contributed by atoms with Gasteiger partial charge in [0.05, 0.1) is 0 Å². The molecule has 4 heteroatoms. The average Bonchev–Trinajstić information content (AvgIpc) is 2.33. The van der Waals surface area contributed by atoms with Gasteiger partial charge in [0.1, 0.15) is 5.82 Å². The fourth-order valence-corrected chi connectivity index (χ4v) is 1.40. The molecule has 0 radical (unpaired) electrons. The maximum Gasteiger partial charge on any atom is 0.127 e. The minimum Gasteiger partial charge on any atom is -0.385 e. The topological polar surface area (TPSA) is 46.2 Å². The van der Waals surface area contributed by atoms with Crippen molar-refractivity contribution in [3.8, 4) is 0 Å². The highest BCUT2D eigenvalue weighted by molar-refractivity contribution is 5.51. The molecular weight excluding hydrogens is 214 g/mol. The second kappa shape index (κ2) is 7.90. The van der Waals surface area contributed by atoms with Crippen LogP contribution >= 0.6 is 0 Å². The summed E-state index contributed by atoms with van der Waals surface area (Å²) in [5.41, 5.74) is 1.09. The van der Waals surface area contributed by atoms with Gasteiger partial charge in [0.2, 0.25) is 0 Å². The monoisotopic (exact) mass is 237 g/mol. The van der Waals surface area contributed by atoms with Crippen LogP contribution in [-0.4, -0.2) is 31.8 Å². The Hall–Kier alpha value is -1.29. The van der Waals surface area contributed by atoms with E-state index in [0.29, 0.717) is 5.92 Å². The number of nitrogens with zero attached hydrogens (tertiary/aromatic N) is 1. The molecule has 0 aliphatic rings. The van der Waals surface area contributed by atoms with Crippen LogP contribution in [0, 0.1) is 5.92 Å². The first-order valence-electron chi connectivity index (χ1n) is 6.18. The van der Waals surface area contributed by atoms with E-state index in [2.05, 4.69) is 29.5 Å². The lowest BCUT2D eigenvalue weighted by molar-refractivity contribution is 0.110. The van der Waals surface area contributed by atoms with Gasteiger partial charge in [-0.05, 0) is 18.4 Å². The van der Waals surface area contributed by atoms with Crippen molar-refractivity contribution in [2.45, 2.75) is 20.3 Å². The van der Waals surface area contributed by atoms with Crippen LogP contribution in [0.25, 0.3) is 0 Å². The first kappa shape index (κ1) is 13.8. The number of hydrogen-bond donors (Lipinski definition) is 2. The standard InChI is InChI=1S/C13H23N3O/c1-11(2)10-17-8-4-6-15-12-5-7-16-13(9-12)14-3/h5,7,9,11H,4,6,8,10H2,1-3H3,(H2,14,15,16). The van der Waals surface area contributed by atoms with Gasteiger partial charge in [-0.15, -0.1) is 0 Å². The van der Waals surface area contributed by atoms with E-state index in [0.717, 1.165) is 37.7 Å². The van der Waals surface area contributed by atoms with Crippen LogP contribution in [0.5, 0.6) is 0 Å². The molecule has 4 nitrogen and oxygen atoms in total. The van der Waals surface area contributed by atoms with Gasteiger partial charge >= 0.3 is 0 Å². The molecule has 0 bridgehead atoms. The zero-order chi connectivity index (χ0) is 12.5. The van der Waals surface area contributed by atoms with E-state index in [-0.39, 0.29) is 0 Å². The van der Waals surface area contributed by atoms with Gasteiger partial charge in [0.15, 0.2) is 0 Å². The van der Waals surface area contributed by atoms with E-state index in [1.165, 1.54) is 0 Å². The van der Waals surface area contributed by atoms with E-state index in [4.69, 9.17) is 4.74 Å². The third kappa shape index (κ3) is 6.12. The van der Waals surface area contributed by atoms with Crippen LogP contribution in [0.15, 0.2) is 18.3 Å². The molecule has 0 atom stereocenters. The van der Waals surface area contributed by atoms with Crippen LogP contribution < -0.4 is 10.6 Å². The van der Waals surface area contributed by atoms with Crippen LogP contribution in [0.3, 0.4) is 0 Å². The fraction of sp³-hybridized carbons (Fsp3) is 0.615. The van der Waals surface area contributed by atoms with Gasteiger partial charge in [0, 0.05) is 44.8 Å². The van der Waals surface area contributed by atoms with Gasteiger partial charge in [0.25, 0.3) is 0 Å². The second-order valence-electron chi connectivity index (χ2n) is 4.43. The number of aromatic nitrogens is 1. The number of ether oxygens (including phenoxy) is 1. The Morgan fingerprint density at radius 1 is 1.41 bits per heavy atom. The zero-order valence-corrected chi connectivity index (χ0v) is 11.0. The average molecular weight is 237 g/mol. The number of hydrogen-bond acceptors (Lipinski definition) is 4. The smallest absolute Gasteiger partial charge is 0.127 e. The maximum atomic E-state index is 5.51. The van der Waals surface area contributed by atoms with Gasteiger partial charge in [-0.3, -0.25) is 0 Å². The van der Waals surface area contributed by atoms with Gasteiger partial charge < -0.3 is 15.4 Å². The van der Waals surface area contributed by atoms with Crippen LogP contribution in [0.4, 0.5) is 11.5 Å². The Labute approximate surface area is 104 Å². The third-order valence-corrected chi connectivity index (χ3v) is 2.26. The molecule has 1 rings (SSSR count). The lowest BCUT2D eigenvalue weighted by Gasteiger charge is -2.09. The molecule has 0 fully saturated rings. The quantitative estimate of drug-likeness (QED) is 0.682. The molecule has 0 unspecified atom stereocenters. The van der Waals surface area contributed by atoms with Crippen molar-refractivity contribution in [2.24, 2.45) is 5.92 Å². The molecule has 0 saturated carbocycles. The summed E-state index contributed by atoms with van der Waals surface area (Å²) in [6.07, 6.45) is 2.81. The SMILES string of the molecule is CNc1cc(NCCCOCC(C)C)ccn1. The Kier molecular flexibility index (Phi) is 6.40. The molecule has 0 aliphatic heterocycles. The highest BCUT2D eigenvalue weighted by Crippen LogP contribution is 2.10. The second-order valence-corrected chi connectivity index (χ2v) is 4.43. The summed E-state index contributed by atoms with van der Waals surface area (Å²) in [6.45, 7) is 6.91. The Balaban J connectivity index is 2.13. The van der Waals surface area contributed by atoms with Crippen LogP contribution in [-0.2, 0) is 4.74 Å². The van der Waals surface area contributed by atoms with Crippen molar-refractivity contribution in [1.29, 1.82) is 0 Å². The normalized spacial score (nSPS) is 10.6. The highest BCUT2D eigenvalue weighted by Gasteiger charge is 1.96. The van der Waals surface area contributed by atoms with E-state index in [9.17, 15) is 0 Å². The van der Waals surface area contributed by atoms with E-state index in [1.807, 2.05) is 19.2 Å². The molecule has 0 amide bonds. The maximum absolute atomic E-state index is 5.51. The molecule has 0 aromatic carbocycles. The van der Waals surface area contributed by atoms with Gasteiger partial charge in [-0.25, -0.2) is 4.98 Å². The van der Waals surface area contributed by atoms with Crippen LogP contribution in [0.1, 0.15) is 20.3 Å². The molecule has 1 heterocycles. The molecule has 17 heavy (non-hydrogen) atoms. The van der Waals surface area contributed by atoms with Crippen LogP contribution in [0.2, 0.25) is 0 Å². The third-order valence-electron chi connectivity index (χ3n) is 2.26. The summed E-state index contributed by atoms with van der Waals surface area (Å²) in [6, 6.07) is 3.96. The molecule has 96 valence electrons. The fourth-order valence-electron chi connectivity index (χ4n) is 1.40. The van der Waals surface area contributed by atoms with Crippen molar-refractivity contribution in [3.05, 3.63) is 18.3 Å². The summed E-state index contributed by atoms with van der Waals surface area (Å²) in [5, 5.41) is 6.36. The first-order valence-corrected chi connectivity index (χ1v) is 6.18. The lowest BCUT2D eigenvalue weighted by atomic mass is 10.2. The predicted molar refractivity (Wildman–Crippen MR) is 72.5 cm³/mol. The van der Waals surface area contributed by atoms with E-state index < -0.39 is 0 Å². The summed E-state index contributed by atoms with van der Waals surface area (Å²) in [5.74, 6) is 1.49.